The first-order valence-corrected chi connectivity index (χ1v) is 6.04. The smallest absolute Gasteiger partial charge is 0.377 e. The molecule has 0 aliphatic carbocycles. The van der Waals surface area contributed by atoms with E-state index in [0.29, 0.717) is 12.1 Å². The molecule has 1 aromatic carbocycles. The summed E-state index contributed by atoms with van der Waals surface area (Å²) in [6.45, 7) is 2.49. The Labute approximate surface area is 111 Å². The van der Waals surface area contributed by atoms with E-state index in [1.54, 1.807) is 0 Å². The highest BCUT2D eigenvalue weighted by molar-refractivity contribution is 5.57. The highest BCUT2D eigenvalue weighted by atomic mass is 16.3. The van der Waals surface area contributed by atoms with Gasteiger partial charge in [-0.3, -0.25) is 5.01 Å². The van der Waals surface area contributed by atoms with E-state index in [0.717, 1.165) is 12.8 Å². The molecule has 19 heavy (non-hydrogen) atoms. The zero-order valence-corrected chi connectivity index (χ0v) is 10.7. The van der Waals surface area contributed by atoms with Crippen molar-refractivity contribution in [2.24, 2.45) is 5.29 Å². The van der Waals surface area contributed by atoms with Crippen molar-refractivity contribution in [3.05, 3.63) is 33.6 Å². The second-order valence-electron chi connectivity index (χ2n) is 4.19. The largest absolute Gasteiger partial charge is 0.867 e. The summed E-state index contributed by atoms with van der Waals surface area (Å²) in [6.07, 6.45) is 0.742. The lowest BCUT2D eigenvalue weighted by Crippen LogP contribution is -2.24. The van der Waals surface area contributed by atoms with Crippen molar-refractivity contribution in [2.75, 3.05) is 13.1 Å². The van der Waals surface area contributed by atoms with Crippen molar-refractivity contribution in [1.82, 2.24) is 5.01 Å². The molecule has 1 aromatic rings. The lowest BCUT2D eigenvalue weighted by Gasteiger charge is -2.19. The second-order valence-corrected chi connectivity index (χ2v) is 4.19. The Morgan fingerprint density at radius 3 is 2.89 bits per heavy atom. The molecule has 0 radical (unpaired) electrons. The van der Waals surface area contributed by atoms with Crippen LogP contribution in [0.1, 0.15) is 31.4 Å². The number of benzene rings is 1. The predicted molar refractivity (Wildman–Crippen MR) is 67.9 cm³/mol. The van der Waals surface area contributed by atoms with Crippen LogP contribution < -0.4 is 5.11 Å². The molecule has 1 N–H and O–H groups in total. The summed E-state index contributed by atoms with van der Waals surface area (Å²) in [5.41, 5.74) is 0.258. The molecule has 0 aromatic heterocycles. The fourth-order valence-corrected chi connectivity index (χ4v) is 1.63. The SMILES string of the molecule is CCCCN(C[C@@H](O)c1ccc([O-])c([N+]#N)c1)N=O. The predicted octanol–water partition coefficient (Wildman–Crippen LogP) is 2.06. The monoisotopic (exact) mass is 264 g/mol. The molecular formula is C12H16N4O3. The van der Waals surface area contributed by atoms with Crippen LogP contribution in [0.2, 0.25) is 0 Å². The van der Waals surface area contributed by atoms with Crippen LogP contribution in [0, 0.1) is 10.3 Å². The third-order valence-corrected chi connectivity index (χ3v) is 2.74. The van der Waals surface area contributed by atoms with Crippen molar-refractivity contribution >= 4 is 5.69 Å². The lowest BCUT2D eigenvalue weighted by atomic mass is 10.1. The van der Waals surface area contributed by atoms with Crippen molar-refractivity contribution in [3.8, 4) is 5.75 Å². The molecule has 0 amide bonds. The van der Waals surface area contributed by atoms with Gasteiger partial charge in [-0.2, -0.15) is 0 Å². The first-order chi connectivity index (χ1) is 9.12. The highest BCUT2D eigenvalue weighted by Crippen LogP contribution is 2.27. The topological polar surface area (TPSA) is 104 Å². The Morgan fingerprint density at radius 1 is 1.58 bits per heavy atom. The van der Waals surface area contributed by atoms with Gasteiger partial charge in [0.25, 0.3) is 0 Å². The van der Waals surface area contributed by atoms with E-state index in [2.05, 4.69) is 10.3 Å². The molecule has 0 unspecified atom stereocenters. The minimum atomic E-state index is -0.976. The number of hydrogen-bond acceptors (Lipinski definition) is 5. The Morgan fingerprint density at radius 2 is 2.32 bits per heavy atom. The van der Waals surface area contributed by atoms with E-state index in [9.17, 15) is 15.1 Å². The Bertz CT molecular complexity index is 473. The zero-order chi connectivity index (χ0) is 14.3. The summed E-state index contributed by atoms with van der Waals surface area (Å²) in [5, 5.41) is 33.9. The van der Waals surface area contributed by atoms with Gasteiger partial charge in [-0.05, 0) is 17.7 Å². The molecule has 0 heterocycles. The molecule has 7 nitrogen and oxygen atoms in total. The van der Waals surface area contributed by atoms with Gasteiger partial charge in [0.05, 0.1) is 17.9 Å². The Kier molecular flexibility index (Phi) is 5.70. The minimum Gasteiger partial charge on any atom is -0.867 e. The third-order valence-electron chi connectivity index (χ3n) is 2.74. The normalized spacial score (nSPS) is 11.6. The van der Waals surface area contributed by atoms with Gasteiger partial charge in [-0.15, -0.1) is 4.91 Å². The van der Waals surface area contributed by atoms with E-state index in [4.69, 9.17) is 5.39 Å². The summed E-state index contributed by atoms with van der Waals surface area (Å²) in [4.78, 5) is 13.5. The highest BCUT2D eigenvalue weighted by Gasteiger charge is 2.16. The summed E-state index contributed by atoms with van der Waals surface area (Å²) in [5.74, 6) is -0.435. The number of aliphatic hydroxyl groups is 1. The van der Waals surface area contributed by atoms with Crippen LogP contribution in [-0.4, -0.2) is 23.2 Å². The number of aliphatic hydroxyl groups excluding tert-OH is 1. The fourth-order valence-electron chi connectivity index (χ4n) is 1.63. The van der Waals surface area contributed by atoms with Crippen LogP contribution in [0.15, 0.2) is 23.5 Å². The summed E-state index contributed by atoms with van der Waals surface area (Å²) < 4.78 is 0. The average molecular weight is 264 g/mol. The van der Waals surface area contributed by atoms with Crippen LogP contribution in [0.25, 0.3) is 4.98 Å². The molecule has 0 saturated heterocycles. The second kappa shape index (κ2) is 7.28. The maximum Gasteiger partial charge on any atom is 0.377 e. The molecule has 102 valence electrons. The van der Waals surface area contributed by atoms with E-state index in [1.165, 1.54) is 23.2 Å². The van der Waals surface area contributed by atoms with E-state index >= 15 is 0 Å². The molecule has 0 aliphatic rings. The maximum absolute atomic E-state index is 11.2. The molecule has 0 bridgehead atoms. The molecule has 1 rings (SSSR count). The number of nitrogens with zero attached hydrogens (tertiary/aromatic N) is 4. The third kappa shape index (κ3) is 4.19. The van der Waals surface area contributed by atoms with Crippen LogP contribution in [0.5, 0.6) is 5.75 Å². The summed E-state index contributed by atoms with van der Waals surface area (Å²) >= 11 is 0. The lowest BCUT2D eigenvalue weighted by molar-refractivity contribution is -0.266. The number of hydrogen-bond donors (Lipinski definition) is 1. The van der Waals surface area contributed by atoms with Crippen molar-refractivity contribution in [1.29, 1.82) is 5.39 Å². The van der Waals surface area contributed by atoms with E-state index in [1.807, 2.05) is 6.92 Å². The summed E-state index contributed by atoms with van der Waals surface area (Å²) in [6, 6.07) is 3.93. The quantitative estimate of drug-likeness (QED) is 0.461. The molecule has 0 spiro atoms. The number of diazo groups is 1. The molecule has 1 atom stereocenters. The van der Waals surface area contributed by atoms with Gasteiger partial charge in [0, 0.05) is 12.6 Å². The molecular weight excluding hydrogens is 248 g/mol. The van der Waals surface area contributed by atoms with Crippen molar-refractivity contribution < 1.29 is 10.2 Å². The number of rotatable bonds is 7. The zero-order valence-electron chi connectivity index (χ0n) is 10.7. The summed E-state index contributed by atoms with van der Waals surface area (Å²) in [7, 11) is 0. The first kappa shape index (κ1) is 14.9. The standard InChI is InChI=1S/C12H16N4O3/c1-2-3-6-16(15-19)8-12(18)9-4-5-11(17)10(7-9)14-13/h4-5,7,12,18H,2-3,6,8H2,1H3/t12-/m1/s1. The van der Waals surface area contributed by atoms with E-state index in [-0.39, 0.29) is 12.2 Å². The van der Waals surface area contributed by atoms with Gasteiger partial charge in [0.15, 0.2) is 4.98 Å². The van der Waals surface area contributed by atoms with Crippen LogP contribution in [0.3, 0.4) is 0 Å². The average Bonchev–Trinajstić information content (AvgIpc) is 2.43. The van der Waals surface area contributed by atoms with Crippen molar-refractivity contribution in [3.63, 3.8) is 0 Å². The van der Waals surface area contributed by atoms with Crippen LogP contribution in [0.4, 0.5) is 5.69 Å². The number of nitroso groups, excluding NO2 is 1. The maximum atomic E-state index is 11.2. The Hall–Kier alpha value is -2.20. The molecule has 0 aliphatic heterocycles. The fraction of sp³-hybridized carbons (Fsp3) is 0.500. The molecule has 0 saturated carbocycles. The van der Waals surface area contributed by atoms with E-state index < -0.39 is 11.9 Å². The minimum absolute atomic E-state index is 0.0343. The number of unbranched alkanes of at least 4 members (excludes halogenated alkanes) is 1. The van der Waals surface area contributed by atoms with Gasteiger partial charge >= 0.3 is 5.69 Å². The Balaban J connectivity index is 2.74. The van der Waals surface area contributed by atoms with Gasteiger partial charge in [0.2, 0.25) is 5.39 Å². The van der Waals surface area contributed by atoms with Crippen LogP contribution in [-0.2, 0) is 0 Å². The van der Waals surface area contributed by atoms with Gasteiger partial charge in [-0.25, -0.2) is 0 Å². The van der Waals surface area contributed by atoms with Gasteiger partial charge < -0.3 is 10.2 Å². The molecule has 0 fully saturated rings. The van der Waals surface area contributed by atoms with Crippen molar-refractivity contribution in [2.45, 2.75) is 25.9 Å². The van der Waals surface area contributed by atoms with Gasteiger partial charge in [-0.1, -0.05) is 25.5 Å². The van der Waals surface area contributed by atoms with Crippen LogP contribution >= 0.6 is 0 Å². The van der Waals surface area contributed by atoms with Gasteiger partial charge in [0.1, 0.15) is 0 Å². The first-order valence-electron chi connectivity index (χ1n) is 6.04. The molecule has 7 heteroatoms.